The summed E-state index contributed by atoms with van der Waals surface area (Å²) in [7, 11) is 3.19. The molecule has 0 fully saturated rings. The standard InChI is InChI=1S/C32H37N3O6/c1-23-32(16-7-11-24-9-5-4-6-10-24,31(37)35-33-22-25-19-28(38-2)21-29(20-25)39-3)34-30(41-23)26-12-14-27(15-13-26)40-18-8-17-36/h4-7,9-15,19-21,23,33,36H,8,16-18,22H2,1-3H3,(H,35,37)/b11-7+/t23-,32-/m0/s1. The van der Waals surface area contributed by atoms with Gasteiger partial charge in [0.1, 0.15) is 23.4 Å². The van der Waals surface area contributed by atoms with Crippen LogP contribution < -0.4 is 25.1 Å². The maximum atomic E-state index is 13.7. The van der Waals surface area contributed by atoms with Gasteiger partial charge in [0.15, 0.2) is 5.54 Å². The molecule has 9 nitrogen and oxygen atoms in total. The topological polar surface area (TPSA) is 111 Å². The van der Waals surface area contributed by atoms with E-state index in [-0.39, 0.29) is 12.5 Å². The van der Waals surface area contributed by atoms with E-state index >= 15 is 0 Å². The number of rotatable bonds is 14. The Morgan fingerprint density at radius 3 is 2.39 bits per heavy atom. The van der Waals surface area contributed by atoms with Crippen molar-refractivity contribution in [3.8, 4) is 17.2 Å². The maximum absolute atomic E-state index is 13.7. The molecule has 3 N–H and O–H groups in total. The van der Waals surface area contributed by atoms with Crippen molar-refractivity contribution in [2.45, 2.75) is 38.0 Å². The molecule has 3 aromatic rings. The van der Waals surface area contributed by atoms with E-state index in [1.807, 2.05) is 85.8 Å². The molecule has 9 heteroatoms. The Labute approximate surface area is 240 Å². The van der Waals surface area contributed by atoms with Crippen molar-refractivity contribution < 1.29 is 28.8 Å². The van der Waals surface area contributed by atoms with E-state index in [9.17, 15) is 4.79 Å². The normalized spacial score (nSPS) is 18.0. The van der Waals surface area contributed by atoms with Crippen LogP contribution in [0, 0.1) is 0 Å². The summed E-state index contributed by atoms with van der Waals surface area (Å²) in [6.45, 7) is 2.70. The van der Waals surface area contributed by atoms with E-state index in [1.54, 1.807) is 20.3 Å². The number of hydrazine groups is 1. The molecular weight excluding hydrogens is 522 g/mol. The number of aliphatic hydroxyl groups excluding tert-OH is 1. The van der Waals surface area contributed by atoms with Gasteiger partial charge in [0.2, 0.25) is 5.90 Å². The highest BCUT2D eigenvalue weighted by molar-refractivity contribution is 6.00. The second kappa shape index (κ2) is 14.3. The second-order valence-corrected chi connectivity index (χ2v) is 9.60. The van der Waals surface area contributed by atoms with E-state index in [0.717, 1.165) is 16.7 Å². The van der Waals surface area contributed by atoms with Crippen molar-refractivity contribution in [1.82, 2.24) is 10.9 Å². The zero-order chi connectivity index (χ0) is 29.1. The lowest BCUT2D eigenvalue weighted by molar-refractivity contribution is -0.129. The number of aliphatic hydroxyl groups is 1. The zero-order valence-corrected chi connectivity index (χ0v) is 23.6. The highest BCUT2D eigenvalue weighted by Gasteiger charge is 2.49. The number of benzene rings is 3. The summed E-state index contributed by atoms with van der Waals surface area (Å²) in [4.78, 5) is 18.6. The van der Waals surface area contributed by atoms with Gasteiger partial charge in [-0.25, -0.2) is 10.4 Å². The predicted molar refractivity (Wildman–Crippen MR) is 158 cm³/mol. The van der Waals surface area contributed by atoms with Crippen LogP contribution >= 0.6 is 0 Å². The third-order valence-electron chi connectivity index (χ3n) is 6.77. The van der Waals surface area contributed by atoms with Crippen LogP contribution in [-0.2, 0) is 16.1 Å². The molecule has 41 heavy (non-hydrogen) atoms. The first-order chi connectivity index (χ1) is 20.0. The smallest absolute Gasteiger partial charge is 0.266 e. The van der Waals surface area contributed by atoms with E-state index in [2.05, 4.69) is 10.9 Å². The summed E-state index contributed by atoms with van der Waals surface area (Å²) >= 11 is 0. The highest BCUT2D eigenvalue weighted by Crippen LogP contribution is 2.33. The van der Waals surface area contributed by atoms with Crippen LogP contribution in [0.3, 0.4) is 0 Å². The lowest BCUT2D eigenvalue weighted by Gasteiger charge is -2.27. The third-order valence-corrected chi connectivity index (χ3v) is 6.77. The van der Waals surface area contributed by atoms with Crippen LogP contribution in [0.4, 0.5) is 0 Å². The summed E-state index contributed by atoms with van der Waals surface area (Å²) in [6.07, 6.45) is 4.28. The Kier molecular flexibility index (Phi) is 10.4. The number of carbonyl (C=O) groups excluding carboxylic acids is 1. The molecule has 0 aromatic heterocycles. The highest BCUT2D eigenvalue weighted by atomic mass is 16.5. The number of amides is 1. The van der Waals surface area contributed by atoms with Gasteiger partial charge in [-0.2, -0.15) is 0 Å². The fourth-order valence-electron chi connectivity index (χ4n) is 4.43. The molecule has 0 spiro atoms. The van der Waals surface area contributed by atoms with Crippen molar-refractivity contribution in [2.75, 3.05) is 27.4 Å². The number of hydrogen-bond acceptors (Lipinski definition) is 8. The molecule has 1 heterocycles. The first-order valence-electron chi connectivity index (χ1n) is 13.5. The van der Waals surface area contributed by atoms with Crippen LogP contribution in [-0.4, -0.2) is 56.0 Å². The molecule has 2 atom stereocenters. The Bertz CT molecular complexity index is 1320. The summed E-state index contributed by atoms with van der Waals surface area (Å²) in [5.74, 6) is 2.08. The molecule has 1 aliphatic rings. The van der Waals surface area contributed by atoms with Crippen LogP contribution in [0.1, 0.15) is 36.5 Å². The monoisotopic (exact) mass is 559 g/mol. The van der Waals surface area contributed by atoms with Gasteiger partial charge < -0.3 is 24.1 Å². The van der Waals surface area contributed by atoms with Gasteiger partial charge in [0.25, 0.3) is 5.91 Å². The summed E-state index contributed by atoms with van der Waals surface area (Å²) < 4.78 is 22.5. The lowest BCUT2D eigenvalue weighted by atomic mass is 9.89. The van der Waals surface area contributed by atoms with Crippen LogP contribution in [0.25, 0.3) is 6.08 Å². The average Bonchev–Trinajstić information content (AvgIpc) is 3.34. The number of methoxy groups -OCH3 is 2. The third kappa shape index (κ3) is 7.65. The molecule has 1 amide bonds. The number of nitrogens with one attached hydrogen (secondary N) is 2. The lowest BCUT2D eigenvalue weighted by Crippen LogP contribution is -2.54. The molecule has 3 aromatic carbocycles. The van der Waals surface area contributed by atoms with Crippen LogP contribution in [0.2, 0.25) is 0 Å². The second-order valence-electron chi connectivity index (χ2n) is 9.60. The van der Waals surface area contributed by atoms with Gasteiger partial charge in [-0.05, 0) is 54.4 Å². The number of ether oxygens (including phenoxy) is 4. The van der Waals surface area contributed by atoms with Crippen LogP contribution in [0.15, 0.2) is 83.9 Å². The van der Waals surface area contributed by atoms with Gasteiger partial charge in [0, 0.05) is 37.6 Å². The fraction of sp³-hybridized carbons (Fsp3) is 0.312. The molecule has 216 valence electrons. The van der Waals surface area contributed by atoms with E-state index in [0.29, 0.717) is 49.1 Å². The Balaban J connectivity index is 1.53. The van der Waals surface area contributed by atoms with Gasteiger partial charge in [-0.1, -0.05) is 42.5 Å². The molecule has 0 saturated heterocycles. The van der Waals surface area contributed by atoms with Crippen molar-refractivity contribution in [3.05, 3.63) is 95.6 Å². The Morgan fingerprint density at radius 2 is 1.73 bits per heavy atom. The Hall–Kier alpha value is -4.34. The molecular formula is C32H37N3O6. The molecule has 0 unspecified atom stereocenters. The number of nitrogens with zero attached hydrogens (tertiary/aromatic N) is 1. The van der Waals surface area contributed by atoms with Gasteiger partial charge in [0.05, 0.1) is 20.8 Å². The minimum atomic E-state index is -1.20. The van der Waals surface area contributed by atoms with Crippen molar-refractivity contribution in [1.29, 1.82) is 0 Å². The van der Waals surface area contributed by atoms with E-state index < -0.39 is 11.6 Å². The summed E-state index contributed by atoms with van der Waals surface area (Å²) in [5.41, 5.74) is 7.32. The van der Waals surface area contributed by atoms with E-state index in [1.165, 1.54) is 0 Å². The number of aliphatic imine (C=N–C) groups is 1. The zero-order valence-electron chi connectivity index (χ0n) is 23.6. The molecule has 0 radical (unpaired) electrons. The van der Waals surface area contributed by atoms with Crippen LogP contribution in [0.5, 0.6) is 17.2 Å². The fourth-order valence-corrected chi connectivity index (χ4v) is 4.43. The first kappa shape index (κ1) is 29.6. The molecule has 0 saturated carbocycles. The molecule has 4 rings (SSSR count). The molecule has 1 aliphatic heterocycles. The van der Waals surface area contributed by atoms with Gasteiger partial charge >= 0.3 is 0 Å². The minimum Gasteiger partial charge on any atom is -0.497 e. The maximum Gasteiger partial charge on any atom is 0.266 e. The van der Waals surface area contributed by atoms with Gasteiger partial charge in [-0.15, -0.1) is 0 Å². The first-order valence-corrected chi connectivity index (χ1v) is 13.5. The van der Waals surface area contributed by atoms with Crippen molar-refractivity contribution in [2.24, 2.45) is 4.99 Å². The van der Waals surface area contributed by atoms with Gasteiger partial charge in [-0.3, -0.25) is 10.2 Å². The summed E-state index contributed by atoms with van der Waals surface area (Å²) in [6, 6.07) is 22.8. The minimum absolute atomic E-state index is 0.0755. The average molecular weight is 560 g/mol. The Morgan fingerprint density at radius 1 is 1.02 bits per heavy atom. The molecule has 0 aliphatic carbocycles. The quantitative estimate of drug-likeness (QED) is 0.200. The largest absolute Gasteiger partial charge is 0.497 e. The summed E-state index contributed by atoms with van der Waals surface area (Å²) in [5, 5.41) is 8.97. The number of hydrogen-bond donors (Lipinski definition) is 3. The van der Waals surface area contributed by atoms with E-state index in [4.69, 9.17) is 29.0 Å². The van der Waals surface area contributed by atoms with Crippen molar-refractivity contribution >= 4 is 17.9 Å². The molecule has 0 bridgehead atoms. The van der Waals surface area contributed by atoms with Crippen molar-refractivity contribution in [3.63, 3.8) is 0 Å². The number of carbonyl (C=O) groups is 1. The SMILES string of the molecule is COc1cc(CNNC(=O)[C@@]2(C/C=C/c3ccccc3)N=C(c3ccc(OCCCO)cc3)O[C@H]2C)cc(OC)c1. The predicted octanol–water partition coefficient (Wildman–Crippen LogP) is 4.29.